The summed E-state index contributed by atoms with van der Waals surface area (Å²) in [5.74, 6) is 0. The highest BCUT2D eigenvalue weighted by Gasteiger charge is 2.25. The molecule has 0 unspecified atom stereocenters. The lowest BCUT2D eigenvalue weighted by molar-refractivity contribution is 0.0488. The third-order valence-electron chi connectivity index (χ3n) is 3.40. The predicted octanol–water partition coefficient (Wildman–Crippen LogP) is 4.70. The molecule has 1 rings (SSSR count). The van der Waals surface area contributed by atoms with Crippen LogP contribution in [-0.2, 0) is 12.8 Å². The Bertz CT molecular complexity index is 445. The minimum atomic E-state index is -0.673. The van der Waals surface area contributed by atoms with E-state index in [0.717, 1.165) is 18.5 Å². The zero-order chi connectivity index (χ0) is 15.4. The second kappa shape index (κ2) is 6.53. The molecule has 2 heteroatoms. The molecule has 0 aromatic heterocycles. The number of benzene rings is 1. The minimum absolute atomic E-state index is 0.121. The smallest absolute Gasteiger partial charge is 0.0689 e. The van der Waals surface area contributed by atoms with Gasteiger partial charge >= 0.3 is 0 Å². The van der Waals surface area contributed by atoms with Crippen molar-refractivity contribution < 1.29 is 5.11 Å². The molecule has 1 aromatic carbocycles. The van der Waals surface area contributed by atoms with Crippen LogP contribution in [0.25, 0.3) is 0 Å². The van der Waals surface area contributed by atoms with Crippen LogP contribution in [-0.4, -0.2) is 16.9 Å². The molecule has 1 N–H and O–H groups in total. The molecule has 0 heterocycles. The van der Waals surface area contributed by atoms with Crippen molar-refractivity contribution >= 4 is 11.9 Å². The molecule has 0 saturated heterocycles. The first-order chi connectivity index (χ1) is 9.18. The number of aliphatic imine (C=N–C) groups is 1. The normalized spacial score (nSPS) is 13.2. The molecule has 0 aliphatic rings. The Morgan fingerprint density at radius 1 is 1.05 bits per heavy atom. The molecule has 0 amide bonds. The van der Waals surface area contributed by atoms with Gasteiger partial charge in [0, 0.05) is 11.6 Å². The van der Waals surface area contributed by atoms with Gasteiger partial charge < -0.3 is 5.11 Å². The summed E-state index contributed by atoms with van der Waals surface area (Å²) in [4.78, 5) is 4.77. The Morgan fingerprint density at radius 3 is 1.95 bits per heavy atom. The van der Waals surface area contributed by atoms with Crippen molar-refractivity contribution in [3.05, 3.63) is 29.3 Å². The Balaban J connectivity index is 3.05. The lowest BCUT2D eigenvalue weighted by Crippen LogP contribution is -2.29. The van der Waals surface area contributed by atoms with Gasteiger partial charge in [-0.2, -0.15) is 0 Å². The second-order valence-electron chi connectivity index (χ2n) is 6.87. The summed E-state index contributed by atoms with van der Waals surface area (Å²) in [6.07, 6.45) is 4.68. The Morgan fingerprint density at radius 2 is 1.55 bits per heavy atom. The van der Waals surface area contributed by atoms with Crippen LogP contribution in [0.15, 0.2) is 23.2 Å². The average molecular weight is 275 g/mol. The monoisotopic (exact) mass is 275 g/mol. The molecular weight excluding hydrogens is 246 g/mol. The van der Waals surface area contributed by atoms with Crippen molar-refractivity contribution in [1.82, 2.24) is 0 Å². The number of hydrogen-bond donors (Lipinski definition) is 1. The third kappa shape index (κ3) is 5.09. The summed E-state index contributed by atoms with van der Waals surface area (Å²) in [6.45, 7) is 12.3. The van der Waals surface area contributed by atoms with Crippen molar-refractivity contribution in [3.63, 3.8) is 0 Å². The van der Waals surface area contributed by atoms with Gasteiger partial charge in [0.1, 0.15) is 0 Å². The van der Waals surface area contributed by atoms with Gasteiger partial charge in [-0.3, -0.25) is 4.99 Å². The second-order valence-corrected chi connectivity index (χ2v) is 6.87. The van der Waals surface area contributed by atoms with Crippen LogP contribution >= 0.6 is 0 Å². The van der Waals surface area contributed by atoms with Gasteiger partial charge in [0.2, 0.25) is 0 Å². The Hall–Kier alpha value is -1.15. The van der Waals surface area contributed by atoms with Gasteiger partial charge in [0.25, 0.3) is 0 Å². The van der Waals surface area contributed by atoms with Gasteiger partial charge in [0.15, 0.2) is 0 Å². The number of hydrogen-bond acceptors (Lipinski definition) is 2. The summed E-state index contributed by atoms with van der Waals surface area (Å²) >= 11 is 0. The fourth-order valence-corrected chi connectivity index (χ4v) is 2.78. The van der Waals surface area contributed by atoms with Crippen molar-refractivity contribution in [2.75, 3.05) is 0 Å². The van der Waals surface area contributed by atoms with Crippen molar-refractivity contribution in [2.24, 2.45) is 10.4 Å². The molecule has 0 fully saturated rings. The molecule has 20 heavy (non-hydrogen) atoms. The minimum Gasteiger partial charge on any atom is -0.390 e. The highest BCUT2D eigenvalue weighted by atomic mass is 16.3. The predicted molar refractivity (Wildman–Crippen MR) is 88.0 cm³/mol. The van der Waals surface area contributed by atoms with E-state index in [-0.39, 0.29) is 5.41 Å². The number of aliphatic hydroxyl groups is 1. The molecule has 0 bridgehead atoms. The molecule has 0 radical (unpaired) electrons. The number of aryl methyl sites for hydroxylation is 2. The summed E-state index contributed by atoms with van der Waals surface area (Å²) in [5, 5.41) is 9.99. The highest BCUT2D eigenvalue weighted by Crippen LogP contribution is 2.30. The molecule has 0 aliphatic heterocycles. The van der Waals surface area contributed by atoms with E-state index < -0.39 is 5.60 Å². The quantitative estimate of drug-likeness (QED) is 0.750. The summed E-state index contributed by atoms with van der Waals surface area (Å²) in [6, 6.07) is 6.41. The van der Waals surface area contributed by atoms with Crippen LogP contribution in [0.4, 0.5) is 5.69 Å². The molecule has 0 atom stereocenters. The van der Waals surface area contributed by atoms with Gasteiger partial charge in [0.05, 0.1) is 11.3 Å². The zero-order valence-corrected chi connectivity index (χ0v) is 13.8. The summed E-state index contributed by atoms with van der Waals surface area (Å²) < 4.78 is 0. The van der Waals surface area contributed by atoms with E-state index in [0.29, 0.717) is 6.42 Å². The largest absolute Gasteiger partial charge is 0.390 e. The standard InChI is InChI=1S/C18H29NO/c1-7-14-10-9-11-15(8-2)16(14)19-13-17(3,4)12-18(5,6)20/h9-11,13,20H,7-8,12H2,1-6H3. The highest BCUT2D eigenvalue weighted by molar-refractivity contribution is 5.71. The fraction of sp³-hybridized carbons (Fsp3) is 0.611. The molecule has 112 valence electrons. The van der Waals surface area contributed by atoms with Crippen molar-refractivity contribution in [2.45, 2.75) is 66.4 Å². The van der Waals surface area contributed by atoms with Gasteiger partial charge in [-0.1, -0.05) is 45.9 Å². The zero-order valence-electron chi connectivity index (χ0n) is 13.8. The van der Waals surface area contributed by atoms with Crippen molar-refractivity contribution in [3.8, 4) is 0 Å². The first-order valence-corrected chi connectivity index (χ1v) is 7.57. The molecule has 1 aromatic rings. The van der Waals surface area contributed by atoms with E-state index in [4.69, 9.17) is 4.99 Å². The third-order valence-corrected chi connectivity index (χ3v) is 3.40. The lowest BCUT2D eigenvalue weighted by atomic mass is 9.83. The maximum atomic E-state index is 9.99. The fourth-order valence-electron chi connectivity index (χ4n) is 2.78. The van der Waals surface area contributed by atoms with Crippen LogP contribution < -0.4 is 0 Å². The van der Waals surface area contributed by atoms with Crippen molar-refractivity contribution in [1.29, 1.82) is 0 Å². The summed E-state index contributed by atoms with van der Waals surface area (Å²) in [7, 11) is 0. The van der Waals surface area contributed by atoms with E-state index in [1.54, 1.807) is 0 Å². The number of rotatable bonds is 6. The van der Waals surface area contributed by atoms with Gasteiger partial charge in [-0.15, -0.1) is 0 Å². The molecular formula is C18H29NO. The topological polar surface area (TPSA) is 32.6 Å². The molecule has 0 saturated carbocycles. The molecule has 2 nitrogen and oxygen atoms in total. The first-order valence-electron chi connectivity index (χ1n) is 7.57. The van der Waals surface area contributed by atoms with E-state index in [1.165, 1.54) is 11.1 Å². The average Bonchev–Trinajstić information content (AvgIpc) is 2.33. The number of para-hydroxylation sites is 1. The van der Waals surface area contributed by atoms with E-state index >= 15 is 0 Å². The van der Waals surface area contributed by atoms with E-state index in [9.17, 15) is 5.11 Å². The Kier molecular flexibility index (Phi) is 5.52. The first kappa shape index (κ1) is 16.9. The number of nitrogens with zero attached hydrogens (tertiary/aromatic N) is 1. The van der Waals surface area contributed by atoms with Crippen LogP contribution in [0.3, 0.4) is 0 Å². The maximum absolute atomic E-state index is 9.99. The van der Waals surface area contributed by atoms with E-state index in [2.05, 4.69) is 45.9 Å². The van der Waals surface area contributed by atoms with Crippen LogP contribution in [0.5, 0.6) is 0 Å². The van der Waals surface area contributed by atoms with Crippen LogP contribution in [0.1, 0.15) is 59.1 Å². The van der Waals surface area contributed by atoms with Gasteiger partial charge in [-0.25, -0.2) is 0 Å². The van der Waals surface area contributed by atoms with Crippen LogP contribution in [0.2, 0.25) is 0 Å². The maximum Gasteiger partial charge on any atom is 0.0689 e. The van der Waals surface area contributed by atoms with Crippen LogP contribution in [0, 0.1) is 5.41 Å². The van der Waals surface area contributed by atoms with Gasteiger partial charge in [-0.05, 0) is 44.2 Å². The lowest BCUT2D eigenvalue weighted by Gasteiger charge is -2.28. The Labute approximate surface area is 124 Å². The molecule has 0 spiro atoms. The van der Waals surface area contributed by atoms with E-state index in [1.807, 2.05) is 20.1 Å². The SMILES string of the molecule is CCc1cccc(CC)c1N=CC(C)(C)CC(C)(C)O. The molecule has 0 aliphatic carbocycles. The summed E-state index contributed by atoms with van der Waals surface area (Å²) in [5.41, 5.74) is 2.90.